The van der Waals surface area contributed by atoms with E-state index < -0.39 is 17.5 Å². The molecule has 1 N–H and O–H groups in total. The van der Waals surface area contributed by atoms with Crippen molar-refractivity contribution in [2.45, 2.75) is 33.5 Å². The zero-order valence-corrected chi connectivity index (χ0v) is 9.93. The predicted molar refractivity (Wildman–Crippen MR) is 62.1 cm³/mol. The molecular weight excluding hydrogens is 204 g/mol. The van der Waals surface area contributed by atoms with Crippen molar-refractivity contribution in [3.05, 3.63) is 35.9 Å². The highest BCUT2D eigenvalue weighted by Gasteiger charge is 2.31. The average molecular weight is 222 g/mol. The number of carbonyl (C=O) groups is 1. The van der Waals surface area contributed by atoms with Gasteiger partial charge in [0.1, 0.15) is 0 Å². The summed E-state index contributed by atoms with van der Waals surface area (Å²) in [5, 5.41) is 9.06. The number of aliphatic carboxylic acids is 1. The van der Waals surface area contributed by atoms with Gasteiger partial charge in [0, 0.05) is 0 Å². The maximum absolute atomic E-state index is 11.0. The van der Waals surface area contributed by atoms with Crippen LogP contribution in [-0.2, 0) is 16.1 Å². The second-order valence-corrected chi connectivity index (χ2v) is 4.88. The van der Waals surface area contributed by atoms with E-state index in [1.54, 1.807) is 0 Å². The van der Waals surface area contributed by atoms with E-state index in [1.165, 1.54) is 0 Å². The number of carboxylic acids is 1. The van der Waals surface area contributed by atoms with Crippen molar-refractivity contribution in [1.82, 2.24) is 0 Å². The lowest BCUT2D eigenvalue weighted by molar-refractivity contribution is -0.159. The first kappa shape index (κ1) is 12.7. The maximum atomic E-state index is 11.0. The molecule has 0 amide bonds. The number of hydrogen-bond acceptors (Lipinski definition) is 2. The van der Waals surface area contributed by atoms with E-state index in [0.29, 0.717) is 6.61 Å². The topological polar surface area (TPSA) is 46.5 Å². The molecule has 1 aromatic carbocycles. The van der Waals surface area contributed by atoms with Gasteiger partial charge in [-0.1, -0.05) is 51.1 Å². The molecular formula is C13H18O3. The third-order valence-corrected chi connectivity index (χ3v) is 2.27. The Morgan fingerprint density at radius 1 is 1.31 bits per heavy atom. The zero-order valence-electron chi connectivity index (χ0n) is 9.93. The zero-order chi connectivity index (χ0) is 12.2. The molecule has 1 aromatic rings. The first-order chi connectivity index (χ1) is 7.41. The molecule has 0 aliphatic carbocycles. The Hall–Kier alpha value is -1.35. The van der Waals surface area contributed by atoms with Gasteiger partial charge in [-0.3, -0.25) is 0 Å². The van der Waals surface area contributed by atoms with Crippen LogP contribution < -0.4 is 0 Å². The second kappa shape index (κ2) is 5.12. The summed E-state index contributed by atoms with van der Waals surface area (Å²) in [5.41, 5.74) is 0.582. The van der Waals surface area contributed by atoms with Gasteiger partial charge in [-0.15, -0.1) is 0 Å². The van der Waals surface area contributed by atoms with Crippen LogP contribution in [-0.4, -0.2) is 17.2 Å². The maximum Gasteiger partial charge on any atom is 0.333 e. The molecule has 0 aliphatic heterocycles. The van der Waals surface area contributed by atoms with Crippen LogP contribution in [0.15, 0.2) is 30.3 Å². The van der Waals surface area contributed by atoms with Crippen molar-refractivity contribution < 1.29 is 14.6 Å². The molecule has 0 fully saturated rings. The minimum Gasteiger partial charge on any atom is -0.479 e. The van der Waals surface area contributed by atoms with E-state index in [2.05, 4.69) is 0 Å². The highest BCUT2D eigenvalue weighted by atomic mass is 16.5. The summed E-state index contributed by atoms with van der Waals surface area (Å²) in [5.74, 6) is -0.913. The van der Waals surface area contributed by atoms with Crippen LogP contribution in [0.2, 0.25) is 0 Å². The molecule has 0 unspecified atom stereocenters. The van der Waals surface area contributed by atoms with Crippen LogP contribution in [0.4, 0.5) is 0 Å². The van der Waals surface area contributed by atoms with E-state index in [0.717, 1.165) is 5.56 Å². The van der Waals surface area contributed by atoms with Crippen molar-refractivity contribution >= 4 is 5.97 Å². The minimum absolute atomic E-state index is 0.328. The Kier molecular flexibility index (Phi) is 4.07. The normalized spacial score (nSPS) is 13.4. The molecule has 0 aliphatic rings. The first-order valence-electron chi connectivity index (χ1n) is 5.29. The highest BCUT2D eigenvalue weighted by Crippen LogP contribution is 2.23. The van der Waals surface area contributed by atoms with Crippen LogP contribution in [0.25, 0.3) is 0 Å². The minimum atomic E-state index is -0.913. The predicted octanol–water partition coefficient (Wildman–Crippen LogP) is 2.70. The Morgan fingerprint density at radius 2 is 1.88 bits per heavy atom. The number of ether oxygens (including phenoxy) is 1. The molecule has 1 atom stereocenters. The monoisotopic (exact) mass is 222 g/mol. The van der Waals surface area contributed by atoms with Gasteiger partial charge in [0.05, 0.1) is 6.61 Å². The number of carboxylic acid groups (broad SMARTS) is 1. The SMILES string of the molecule is CC(C)(C)[C@H](OCc1ccccc1)C(=O)O. The number of benzene rings is 1. The van der Waals surface area contributed by atoms with Gasteiger partial charge in [0.2, 0.25) is 0 Å². The second-order valence-electron chi connectivity index (χ2n) is 4.88. The molecule has 0 saturated heterocycles. The quantitative estimate of drug-likeness (QED) is 0.852. The van der Waals surface area contributed by atoms with Crippen molar-refractivity contribution in [2.75, 3.05) is 0 Å². The molecule has 0 saturated carbocycles. The van der Waals surface area contributed by atoms with E-state index in [-0.39, 0.29) is 0 Å². The molecule has 16 heavy (non-hydrogen) atoms. The number of hydrogen-bond donors (Lipinski definition) is 1. The first-order valence-corrected chi connectivity index (χ1v) is 5.29. The van der Waals surface area contributed by atoms with Crippen LogP contribution in [0.5, 0.6) is 0 Å². The van der Waals surface area contributed by atoms with Gasteiger partial charge in [-0.25, -0.2) is 4.79 Å². The third kappa shape index (κ3) is 3.66. The molecule has 0 spiro atoms. The van der Waals surface area contributed by atoms with Crippen molar-refractivity contribution in [1.29, 1.82) is 0 Å². The Morgan fingerprint density at radius 3 is 2.31 bits per heavy atom. The van der Waals surface area contributed by atoms with Gasteiger partial charge in [-0.05, 0) is 11.0 Å². The van der Waals surface area contributed by atoms with Crippen molar-refractivity contribution in [2.24, 2.45) is 5.41 Å². The third-order valence-electron chi connectivity index (χ3n) is 2.27. The fourth-order valence-corrected chi connectivity index (χ4v) is 1.45. The highest BCUT2D eigenvalue weighted by molar-refractivity contribution is 5.73. The Labute approximate surface area is 96.1 Å². The molecule has 0 aromatic heterocycles. The molecule has 0 heterocycles. The summed E-state index contributed by atoms with van der Waals surface area (Å²) < 4.78 is 5.45. The van der Waals surface area contributed by atoms with Crippen LogP contribution in [0, 0.1) is 5.41 Å². The molecule has 0 radical (unpaired) electrons. The summed E-state index contributed by atoms with van der Waals surface area (Å²) in [7, 11) is 0. The summed E-state index contributed by atoms with van der Waals surface area (Å²) in [6.07, 6.45) is -0.785. The van der Waals surface area contributed by atoms with E-state index in [1.807, 2.05) is 51.1 Å². The summed E-state index contributed by atoms with van der Waals surface area (Å²) >= 11 is 0. The summed E-state index contributed by atoms with van der Waals surface area (Å²) in [6.45, 7) is 5.90. The van der Waals surface area contributed by atoms with Crippen LogP contribution >= 0.6 is 0 Å². The van der Waals surface area contributed by atoms with Crippen LogP contribution in [0.3, 0.4) is 0 Å². The van der Waals surface area contributed by atoms with E-state index in [4.69, 9.17) is 9.84 Å². The fraction of sp³-hybridized carbons (Fsp3) is 0.462. The largest absolute Gasteiger partial charge is 0.479 e. The van der Waals surface area contributed by atoms with Gasteiger partial charge in [-0.2, -0.15) is 0 Å². The molecule has 0 bridgehead atoms. The van der Waals surface area contributed by atoms with Crippen molar-refractivity contribution in [3.63, 3.8) is 0 Å². The van der Waals surface area contributed by atoms with E-state index in [9.17, 15) is 4.79 Å². The molecule has 1 rings (SSSR count). The fourth-order valence-electron chi connectivity index (χ4n) is 1.45. The summed E-state index contributed by atoms with van der Waals surface area (Å²) in [4.78, 5) is 11.0. The lowest BCUT2D eigenvalue weighted by Gasteiger charge is -2.26. The van der Waals surface area contributed by atoms with E-state index >= 15 is 0 Å². The lowest BCUT2D eigenvalue weighted by Crippen LogP contribution is -2.36. The molecule has 3 nitrogen and oxygen atoms in total. The lowest BCUT2D eigenvalue weighted by atomic mass is 9.89. The van der Waals surface area contributed by atoms with Gasteiger partial charge in [0.25, 0.3) is 0 Å². The van der Waals surface area contributed by atoms with Gasteiger partial charge in [0.15, 0.2) is 6.10 Å². The molecule has 88 valence electrons. The number of rotatable bonds is 4. The van der Waals surface area contributed by atoms with Crippen molar-refractivity contribution in [3.8, 4) is 0 Å². The average Bonchev–Trinajstić information content (AvgIpc) is 2.17. The Bertz CT molecular complexity index is 338. The Balaban J connectivity index is 2.62. The molecule has 3 heteroatoms. The van der Waals surface area contributed by atoms with Crippen LogP contribution in [0.1, 0.15) is 26.3 Å². The van der Waals surface area contributed by atoms with Gasteiger partial charge >= 0.3 is 5.97 Å². The summed E-state index contributed by atoms with van der Waals surface area (Å²) in [6, 6.07) is 9.57. The standard InChI is InChI=1S/C13H18O3/c1-13(2,3)11(12(14)15)16-9-10-7-5-4-6-8-10/h4-8,11H,9H2,1-3H3,(H,14,15)/t11-/m1/s1. The smallest absolute Gasteiger partial charge is 0.333 e. The van der Waals surface area contributed by atoms with Gasteiger partial charge < -0.3 is 9.84 Å².